The van der Waals surface area contributed by atoms with Crippen molar-refractivity contribution in [3.05, 3.63) is 52.4 Å². The number of hydrogen-bond donors (Lipinski definition) is 1. The third kappa shape index (κ3) is 2.83. The van der Waals surface area contributed by atoms with Crippen LogP contribution >= 0.6 is 11.6 Å². The summed E-state index contributed by atoms with van der Waals surface area (Å²) >= 11 is 5.97. The first kappa shape index (κ1) is 13.3. The number of nitrogens with one attached hydrogen (secondary N) is 1. The number of anilines is 1. The smallest absolute Gasteiger partial charge is 0.144 e. The van der Waals surface area contributed by atoms with Crippen molar-refractivity contribution in [3.63, 3.8) is 0 Å². The third-order valence-corrected chi connectivity index (χ3v) is 3.33. The molecule has 5 heteroatoms. The van der Waals surface area contributed by atoms with Gasteiger partial charge in [-0.1, -0.05) is 11.6 Å². The molecule has 0 aliphatic heterocycles. The Kier molecular flexibility index (Phi) is 3.98. The van der Waals surface area contributed by atoms with E-state index < -0.39 is 0 Å². The van der Waals surface area contributed by atoms with Crippen LogP contribution in [0.5, 0.6) is 0 Å². The molecule has 2 aromatic heterocycles. The predicted molar refractivity (Wildman–Crippen MR) is 75.0 cm³/mol. The molecule has 0 saturated heterocycles. The lowest BCUT2D eigenvalue weighted by Gasteiger charge is -2.16. The molecule has 19 heavy (non-hydrogen) atoms. The zero-order valence-corrected chi connectivity index (χ0v) is 11.4. The van der Waals surface area contributed by atoms with Gasteiger partial charge in [-0.05, 0) is 37.1 Å². The maximum Gasteiger partial charge on any atom is 0.144 e. The molecule has 0 radical (unpaired) electrons. The van der Waals surface area contributed by atoms with E-state index in [9.17, 15) is 5.26 Å². The van der Waals surface area contributed by atoms with E-state index in [2.05, 4.69) is 21.4 Å². The average Bonchev–Trinajstić information content (AvgIpc) is 2.44. The topological polar surface area (TPSA) is 61.6 Å². The minimum absolute atomic E-state index is 0.0307. The van der Waals surface area contributed by atoms with Crippen LogP contribution in [0.2, 0.25) is 5.02 Å². The van der Waals surface area contributed by atoms with Gasteiger partial charge in [0.25, 0.3) is 0 Å². The van der Waals surface area contributed by atoms with Crippen LogP contribution in [0.15, 0.2) is 30.7 Å². The first-order valence-corrected chi connectivity index (χ1v) is 6.23. The molecule has 0 amide bonds. The average molecular weight is 273 g/mol. The lowest BCUT2D eigenvalue weighted by molar-refractivity contribution is 0.869. The molecule has 0 aromatic carbocycles. The predicted octanol–water partition coefficient (Wildman–Crippen LogP) is 3.48. The zero-order chi connectivity index (χ0) is 13.8. The highest BCUT2D eigenvalue weighted by Gasteiger charge is 2.13. The van der Waals surface area contributed by atoms with E-state index in [1.54, 1.807) is 18.6 Å². The van der Waals surface area contributed by atoms with Crippen LogP contribution in [-0.4, -0.2) is 9.97 Å². The molecule has 2 aromatic rings. The number of nitrogens with zero attached hydrogens (tertiary/aromatic N) is 3. The van der Waals surface area contributed by atoms with E-state index in [0.717, 1.165) is 11.1 Å². The number of halogens is 1. The van der Waals surface area contributed by atoms with Crippen molar-refractivity contribution in [2.24, 2.45) is 0 Å². The minimum atomic E-state index is 0.0307. The minimum Gasteiger partial charge on any atom is -0.362 e. The van der Waals surface area contributed by atoms with Gasteiger partial charge in [-0.25, -0.2) is 4.98 Å². The van der Waals surface area contributed by atoms with Crippen LogP contribution in [0.4, 0.5) is 5.82 Å². The van der Waals surface area contributed by atoms with E-state index in [-0.39, 0.29) is 6.04 Å². The van der Waals surface area contributed by atoms with E-state index in [1.807, 2.05) is 26.0 Å². The molecule has 2 heterocycles. The molecule has 0 saturated carbocycles. The SMILES string of the molecule is Cc1c(Cl)cnc(N[C@H](C)c2ccncc2)c1C#N. The molecule has 4 nitrogen and oxygen atoms in total. The van der Waals surface area contributed by atoms with Crippen molar-refractivity contribution in [3.8, 4) is 6.07 Å². The van der Waals surface area contributed by atoms with Crippen molar-refractivity contribution >= 4 is 17.4 Å². The van der Waals surface area contributed by atoms with Crippen molar-refractivity contribution in [2.75, 3.05) is 5.32 Å². The summed E-state index contributed by atoms with van der Waals surface area (Å²) in [5.41, 5.74) is 2.30. The highest BCUT2D eigenvalue weighted by atomic mass is 35.5. The van der Waals surface area contributed by atoms with Crippen molar-refractivity contribution in [2.45, 2.75) is 19.9 Å². The van der Waals surface area contributed by atoms with Crippen LogP contribution in [-0.2, 0) is 0 Å². The van der Waals surface area contributed by atoms with E-state index >= 15 is 0 Å². The fraction of sp³-hybridized carbons (Fsp3) is 0.214. The molecular weight excluding hydrogens is 260 g/mol. The van der Waals surface area contributed by atoms with Crippen LogP contribution in [0.3, 0.4) is 0 Å². The lowest BCUT2D eigenvalue weighted by Crippen LogP contribution is -2.10. The van der Waals surface area contributed by atoms with Crippen LogP contribution in [0.1, 0.15) is 29.7 Å². The van der Waals surface area contributed by atoms with E-state index in [1.165, 1.54) is 0 Å². The summed E-state index contributed by atoms with van der Waals surface area (Å²) in [4.78, 5) is 8.18. The van der Waals surface area contributed by atoms with Gasteiger partial charge in [0.1, 0.15) is 11.9 Å². The molecule has 0 aliphatic carbocycles. The van der Waals surface area contributed by atoms with Gasteiger partial charge in [0.05, 0.1) is 16.6 Å². The Morgan fingerprint density at radius 3 is 2.68 bits per heavy atom. The van der Waals surface area contributed by atoms with Gasteiger partial charge < -0.3 is 5.32 Å². The van der Waals surface area contributed by atoms with E-state index in [4.69, 9.17) is 11.6 Å². The monoisotopic (exact) mass is 272 g/mol. The number of aromatic nitrogens is 2. The van der Waals surface area contributed by atoms with Gasteiger partial charge >= 0.3 is 0 Å². The Balaban J connectivity index is 2.30. The Morgan fingerprint density at radius 1 is 1.37 bits per heavy atom. The normalized spacial score (nSPS) is 11.7. The number of hydrogen-bond acceptors (Lipinski definition) is 4. The van der Waals surface area contributed by atoms with Crippen LogP contribution < -0.4 is 5.32 Å². The molecule has 1 N–H and O–H groups in total. The number of nitriles is 1. The lowest BCUT2D eigenvalue weighted by atomic mass is 10.1. The molecule has 2 rings (SSSR count). The quantitative estimate of drug-likeness (QED) is 0.929. The summed E-state index contributed by atoms with van der Waals surface area (Å²) in [6, 6.07) is 6.02. The second kappa shape index (κ2) is 5.68. The Labute approximate surface area is 117 Å². The molecule has 0 spiro atoms. The second-order valence-electron chi connectivity index (χ2n) is 4.21. The highest BCUT2D eigenvalue weighted by Crippen LogP contribution is 2.26. The third-order valence-electron chi connectivity index (χ3n) is 2.95. The van der Waals surface area contributed by atoms with Gasteiger partial charge in [-0.3, -0.25) is 4.98 Å². The molecule has 0 fully saturated rings. The summed E-state index contributed by atoms with van der Waals surface area (Å²) in [7, 11) is 0. The maximum absolute atomic E-state index is 9.21. The van der Waals surface area contributed by atoms with E-state index in [0.29, 0.717) is 16.4 Å². The molecule has 0 unspecified atom stereocenters. The van der Waals surface area contributed by atoms with Crippen LogP contribution in [0.25, 0.3) is 0 Å². The largest absolute Gasteiger partial charge is 0.362 e. The fourth-order valence-electron chi connectivity index (χ4n) is 1.77. The molecule has 96 valence electrons. The highest BCUT2D eigenvalue weighted by molar-refractivity contribution is 6.31. The summed E-state index contributed by atoms with van der Waals surface area (Å²) in [5.74, 6) is 0.550. The summed E-state index contributed by atoms with van der Waals surface area (Å²) in [6.45, 7) is 3.81. The molecular formula is C14H13ClN4. The van der Waals surface area contributed by atoms with Crippen molar-refractivity contribution < 1.29 is 0 Å². The Hall–Kier alpha value is -2.12. The first-order valence-electron chi connectivity index (χ1n) is 5.85. The first-order chi connectivity index (χ1) is 9.13. The fourth-order valence-corrected chi connectivity index (χ4v) is 1.91. The van der Waals surface area contributed by atoms with Crippen molar-refractivity contribution in [1.82, 2.24) is 9.97 Å². The summed E-state index contributed by atoms with van der Waals surface area (Å²) in [6.07, 6.45) is 5.03. The summed E-state index contributed by atoms with van der Waals surface area (Å²) in [5, 5.41) is 12.9. The molecule has 0 bridgehead atoms. The van der Waals surface area contributed by atoms with Gasteiger partial charge in [0, 0.05) is 18.6 Å². The number of rotatable bonds is 3. The number of pyridine rings is 2. The van der Waals surface area contributed by atoms with Gasteiger partial charge in [0.2, 0.25) is 0 Å². The maximum atomic E-state index is 9.21. The Bertz CT molecular complexity index is 619. The summed E-state index contributed by atoms with van der Waals surface area (Å²) < 4.78 is 0. The van der Waals surface area contributed by atoms with Crippen molar-refractivity contribution in [1.29, 1.82) is 5.26 Å². The molecule has 1 atom stereocenters. The van der Waals surface area contributed by atoms with Gasteiger partial charge in [-0.2, -0.15) is 5.26 Å². The second-order valence-corrected chi connectivity index (χ2v) is 4.62. The Morgan fingerprint density at radius 2 is 2.05 bits per heavy atom. The standard InChI is InChI=1S/C14H13ClN4/c1-9-12(7-16)14(18-8-13(9)15)19-10(2)11-3-5-17-6-4-11/h3-6,8,10H,1-2H3,(H,18,19)/t10-/m1/s1. The van der Waals surface area contributed by atoms with Gasteiger partial charge in [-0.15, -0.1) is 0 Å². The van der Waals surface area contributed by atoms with Crippen LogP contribution in [0, 0.1) is 18.3 Å². The molecule has 0 aliphatic rings. The zero-order valence-electron chi connectivity index (χ0n) is 10.7. The van der Waals surface area contributed by atoms with Gasteiger partial charge in [0.15, 0.2) is 0 Å².